The molecule has 0 bridgehead atoms. The number of aliphatic carboxylic acids is 1. The molecule has 19 nitrogen and oxygen atoms in total. The number of nitrogens with one attached hydrogen (secondary N) is 2. The van der Waals surface area contributed by atoms with E-state index in [0.717, 1.165) is 33.1 Å². The Hall–Kier alpha value is -1.84. The van der Waals surface area contributed by atoms with Gasteiger partial charge in [0, 0.05) is 20.5 Å². The Morgan fingerprint density at radius 2 is 1.40 bits per heavy atom. The molecule has 2 rings (SSSR count). The van der Waals surface area contributed by atoms with Gasteiger partial charge in [0.15, 0.2) is 18.7 Å². The van der Waals surface area contributed by atoms with Crippen LogP contribution in [-0.2, 0) is 47.2 Å². The molecule has 52 heavy (non-hydrogen) atoms. The molecule has 2 heterocycles. The van der Waals surface area contributed by atoms with Gasteiger partial charge < -0.3 is 74.4 Å². The van der Waals surface area contributed by atoms with E-state index in [1.807, 2.05) is 0 Å². The summed E-state index contributed by atoms with van der Waals surface area (Å²) in [5, 5.41) is 66.3. The van der Waals surface area contributed by atoms with Crippen molar-refractivity contribution >= 4 is 25.4 Å². The van der Waals surface area contributed by atoms with Crippen molar-refractivity contribution in [2.45, 2.75) is 134 Å². The van der Waals surface area contributed by atoms with E-state index in [1.54, 1.807) is 0 Å². The number of hydrogen-bond donors (Lipinski definition) is 9. The van der Waals surface area contributed by atoms with Crippen LogP contribution in [0.5, 0.6) is 0 Å². The molecule has 0 radical (unpaired) electrons. The summed E-state index contributed by atoms with van der Waals surface area (Å²) < 4.78 is 46.1. The largest absolute Gasteiger partial charge is 0.479 e. The van der Waals surface area contributed by atoms with Gasteiger partial charge in [-0.2, -0.15) is 0 Å². The van der Waals surface area contributed by atoms with E-state index in [-0.39, 0.29) is 19.6 Å². The fourth-order valence-electron chi connectivity index (χ4n) is 5.84. The maximum absolute atomic E-state index is 12.7. The second-order valence-electron chi connectivity index (χ2n) is 13.8. The van der Waals surface area contributed by atoms with Crippen LogP contribution in [0.3, 0.4) is 0 Å². The predicted octanol–water partition coefficient (Wildman–Crippen LogP) is -1.17. The van der Waals surface area contributed by atoms with Crippen molar-refractivity contribution in [3.63, 3.8) is 0 Å². The summed E-state index contributed by atoms with van der Waals surface area (Å²) in [5.41, 5.74) is 0. The van der Waals surface area contributed by atoms with Crippen molar-refractivity contribution in [3.05, 3.63) is 0 Å². The molecule has 0 aromatic heterocycles. The Kier molecular flexibility index (Phi) is 20.1. The summed E-state index contributed by atoms with van der Waals surface area (Å²) in [7, 11) is -4.31. The summed E-state index contributed by atoms with van der Waals surface area (Å²) in [6.07, 6.45) is -10.3. The van der Waals surface area contributed by atoms with E-state index in [2.05, 4.69) is 31.4 Å². The Bertz CT molecular complexity index is 1150. The van der Waals surface area contributed by atoms with Gasteiger partial charge in [-0.25, -0.2) is 4.79 Å². The maximum Gasteiger partial charge on any atom is 0.335 e. The Morgan fingerprint density at radius 3 is 1.96 bits per heavy atom. The van der Waals surface area contributed by atoms with Crippen molar-refractivity contribution < 1.29 is 82.7 Å². The molecule has 0 aliphatic carbocycles. The Balaban J connectivity index is 1.98. The highest BCUT2D eigenvalue weighted by molar-refractivity contribution is 7.52. The molecule has 13 atom stereocenters. The van der Waals surface area contributed by atoms with Crippen LogP contribution in [0.15, 0.2) is 0 Å². The lowest BCUT2D eigenvalue weighted by molar-refractivity contribution is -0.332. The van der Waals surface area contributed by atoms with E-state index in [4.69, 9.17) is 28.2 Å². The first-order valence-electron chi connectivity index (χ1n) is 17.6. The molecule has 20 heteroatoms. The molecule has 1 unspecified atom stereocenters. The van der Waals surface area contributed by atoms with E-state index in [0.29, 0.717) is 18.3 Å². The quantitative estimate of drug-likeness (QED) is 0.0437. The number of carbonyl (C=O) groups is 3. The topological polar surface area (TPSA) is 289 Å². The van der Waals surface area contributed by atoms with E-state index in [1.165, 1.54) is 0 Å². The molecular weight excluding hydrogens is 715 g/mol. The molecule has 0 aromatic carbocycles. The summed E-state index contributed by atoms with van der Waals surface area (Å²) in [4.78, 5) is 45.9. The molecule has 2 aliphatic rings. The number of aliphatic hydroxyl groups excluding tert-OH is 5. The minimum atomic E-state index is -4.31. The lowest BCUT2D eigenvalue weighted by Crippen LogP contribution is -2.69. The van der Waals surface area contributed by atoms with Crippen LogP contribution in [0, 0.1) is 11.8 Å². The van der Waals surface area contributed by atoms with Crippen LogP contribution < -0.4 is 10.6 Å². The molecular formula is C32H59N2O17P. The minimum Gasteiger partial charge on any atom is -0.479 e. The third kappa shape index (κ3) is 15.1. The monoisotopic (exact) mass is 774 g/mol. The number of hydrogen-bond acceptors (Lipinski definition) is 15. The van der Waals surface area contributed by atoms with Crippen LogP contribution in [0.25, 0.3) is 0 Å². The zero-order valence-electron chi connectivity index (χ0n) is 30.4. The molecule has 304 valence electrons. The van der Waals surface area contributed by atoms with Gasteiger partial charge in [-0.05, 0) is 24.7 Å². The molecule has 0 spiro atoms. The summed E-state index contributed by atoms with van der Waals surface area (Å²) in [5.74, 6) is -1.65. The van der Waals surface area contributed by atoms with E-state index >= 15 is 0 Å². The maximum atomic E-state index is 12.7. The normalized spacial score (nSPS) is 31.8. The first kappa shape index (κ1) is 46.3. The molecule has 2 fully saturated rings. The van der Waals surface area contributed by atoms with E-state index in [9.17, 15) is 54.5 Å². The zero-order chi connectivity index (χ0) is 39.2. The highest BCUT2D eigenvalue weighted by atomic mass is 31.2. The third-order valence-corrected chi connectivity index (χ3v) is 10.2. The first-order chi connectivity index (χ1) is 24.4. The van der Waals surface area contributed by atoms with Crippen molar-refractivity contribution in [2.24, 2.45) is 11.8 Å². The zero-order valence-corrected chi connectivity index (χ0v) is 31.3. The highest BCUT2D eigenvalue weighted by Gasteiger charge is 2.52. The second kappa shape index (κ2) is 22.5. The minimum absolute atomic E-state index is 0.107. The van der Waals surface area contributed by atoms with Gasteiger partial charge in [-0.3, -0.25) is 14.2 Å². The number of carbonyl (C=O) groups excluding carboxylic acids is 2. The highest BCUT2D eigenvalue weighted by Crippen LogP contribution is 2.42. The Morgan fingerprint density at radius 1 is 0.808 bits per heavy atom. The van der Waals surface area contributed by atoms with Gasteiger partial charge in [0.2, 0.25) is 11.8 Å². The second-order valence-corrected chi connectivity index (χ2v) is 15.8. The van der Waals surface area contributed by atoms with Gasteiger partial charge >= 0.3 is 13.6 Å². The lowest BCUT2D eigenvalue weighted by atomic mass is 9.94. The van der Waals surface area contributed by atoms with Crippen molar-refractivity contribution in [1.29, 1.82) is 0 Å². The molecule has 2 aliphatic heterocycles. The fourth-order valence-corrected chi connectivity index (χ4v) is 6.87. The van der Waals surface area contributed by atoms with Crippen LogP contribution in [0.4, 0.5) is 0 Å². The number of aliphatic hydroxyl groups is 5. The number of ether oxygens (including phenoxy) is 5. The van der Waals surface area contributed by atoms with E-state index < -0.39 is 119 Å². The van der Waals surface area contributed by atoms with Crippen LogP contribution in [-0.4, -0.2) is 160 Å². The van der Waals surface area contributed by atoms with Gasteiger partial charge in [0.25, 0.3) is 0 Å². The van der Waals surface area contributed by atoms with Gasteiger partial charge in [-0.1, -0.05) is 40.0 Å². The molecule has 0 aromatic rings. The molecule has 0 saturated carbocycles. The standard InChI is InChI=1S/C32H59N2O17P/c1-17(2)8-6-9-18(3)10-12-46-23(30(42)43)16-48-52(44,45)13-7-11-47-31-25(34-20(5)38)28(41)29(22(15-36)50-31)51-32-24(33-19(4)37)27(40)26(39)21(14-35)49-32/h17-18,21-29,31-32,35-36,39-41H,6-16H2,1-5H3,(H,33,37)(H,34,38)(H,42,43)(H,44,45)/t18-,21-,22-,23-,24-,25-,26-,27-,28-,29-,31-,32+/m1/s1. The van der Waals surface area contributed by atoms with Crippen molar-refractivity contribution in [2.75, 3.05) is 39.2 Å². The third-order valence-electron chi connectivity index (χ3n) is 8.74. The Labute approximate surface area is 303 Å². The lowest BCUT2D eigenvalue weighted by Gasteiger charge is -2.48. The SMILES string of the molecule is CC(=O)N[C@H]1[C@H](OCCCP(=O)(O)OC[C@@H](OCC[C@H](C)CCCC(C)C)C(=O)O)O[C@H](CO)[C@@H](O[C@@H]2O[C@H](CO)[C@@H](O)[C@H](O)[C@H]2NC(C)=O)[C@@H]1O. The number of rotatable bonds is 23. The number of carboxylic acid groups (broad SMARTS) is 1. The molecule has 2 amide bonds. The molecule has 9 N–H and O–H groups in total. The summed E-state index contributed by atoms with van der Waals surface area (Å²) in [6, 6.07) is -2.71. The number of carboxylic acids is 1. The van der Waals surface area contributed by atoms with Crippen LogP contribution in [0.2, 0.25) is 0 Å². The summed E-state index contributed by atoms with van der Waals surface area (Å²) in [6.45, 7) is 6.37. The van der Waals surface area contributed by atoms with Crippen molar-refractivity contribution in [1.82, 2.24) is 10.6 Å². The van der Waals surface area contributed by atoms with Gasteiger partial charge in [-0.15, -0.1) is 0 Å². The van der Waals surface area contributed by atoms with Gasteiger partial charge in [0.1, 0.15) is 48.7 Å². The average molecular weight is 775 g/mol. The van der Waals surface area contributed by atoms with Crippen molar-refractivity contribution in [3.8, 4) is 0 Å². The number of amides is 2. The van der Waals surface area contributed by atoms with Gasteiger partial charge in [0.05, 0.1) is 32.6 Å². The fraction of sp³-hybridized carbons (Fsp3) is 0.906. The smallest absolute Gasteiger partial charge is 0.335 e. The first-order valence-corrected chi connectivity index (χ1v) is 19.4. The van der Waals surface area contributed by atoms with Crippen LogP contribution >= 0.6 is 7.60 Å². The summed E-state index contributed by atoms with van der Waals surface area (Å²) >= 11 is 0. The predicted molar refractivity (Wildman–Crippen MR) is 181 cm³/mol. The average Bonchev–Trinajstić information content (AvgIpc) is 3.05. The van der Waals surface area contributed by atoms with Crippen LogP contribution in [0.1, 0.15) is 66.7 Å². The molecule has 2 saturated heterocycles.